The minimum absolute atomic E-state index is 0.119. The van der Waals surface area contributed by atoms with Gasteiger partial charge in [0.05, 0.1) is 5.52 Å². The second kappa shape index (κ2) is 11.5. The van der Waals surface area contributed by atoms with Gasteiger partial charge in [0, 0.05) is 12.5 Å². The lowest BCUT2D eigenvalue weighted by atomic mass is 9.95. The number of rotatable bonds is 10. The van der Waals surface area contributed by atoms with Gasteiger partial charge in [-0.2, -0.15) is 0 Å². The summed E-state index contributed by atoms with van der Waals surface area (Å²) in [6, 6.07) is 28.1. The SMILES string of the molecule is C=C(C)C[C@H](CCCO[Si](c1ccccc1)(c1ccccc1)C(C)(C)C)C(=O)n1c(=O)oc2ccccc21. The first-order valence-electron chi connectivity index (χ1n) is 13.2. The second-order valence-corrected chi connectivity index (χ2v) is 15.3. The molecule has 0 unspecified atom stereocenters. The Bertz CT molecular complexity index is 1410. The van der Waals surface area contributed by atoms with Gasteiger partial charge in [-0.25, -0.2) is 9.36 Å². The number of para-hydroxylation sites is 2. The monoisotopic (exact) mass is 527 g/mol. The average molecular weight is 528 g/mol. The molecule has 0 aliphatic heterocycles. The highest BCUT2D eigenvalue weighted by Crippen LogP contribution is 2.37. The van der Waals surface area contributed by atoms with Gasteiger partial charge in [0.15, 0.2) is 5.58 Å². The van der Waals surface area contributed by atoms with Crippen LogP contribution in [0.15, 0.2) is 106 Å². The Labute approximate surface area is 225 Å². The maximum absolute atomic E-state index is 13.6. The van der Waals surface area contributed by atoms with E-state index in [4.69, 9.17) is 8.84 Å². The predicted molar refractivity (Wildman–Crippen MR) is 157 cm³/mol. The van der Waals surface area contributed by atoms with Gasteiger partial charge in [-0.15, -0.1) is 6.58 Å². The van der Waals surface area contributed by atoms with E-state index in [1.807, 2.05) is 19.1 Å². The van der Waals surface area contributed by atoms with Crippen molar-refractivity contribution in [2.24, 2.45) is 5.92 Å². The summed E-state index contributed by atoms with van der Waals surface area (Å²) in [6.45, 7) is 13.2. The highest BCUT2D eigenvalue weighted by atomic mass is 28.4. The lowest BCUT2D eigenvalue weighted by molar-refractivity contribution is 0.0816. The molecule has 5 nitrogen and oxygen atoms in total. The number of fused-ring (bicyclic) bond motifs is 1. The topological polar surface area (TPSA) is 61.4 Å². The van der Waals surface area contributed by atoms with Crippen LogP contribution in [0.4, 0.5) is 0 Å². The summed E-state index contributed by atoms with van der Waals surface area (Å²) in [6.07, 6.45) is 1.76. The number of benzene rings is 3. The summed E-state index contributed by atoms with van der Waals surface area (Å²) in [5, 5.41) is 2.33. The highest BCUT2D eigenvalue weighted by molar-refractivity contribution is 6.99. The van der Waals surface area contributed by atoms with Crippen molar-refractivity contribution >= 4 is 35.7 Å². The molecule has 0 amide bonds. The van der Waals surface area contributed by atoms with Crippen LogP contribution in [0.25, 0.3) is 11.1 Å². The minimum Gasteiger partial charge on any atom is -0.407 e. The van der Waals surface area contributed by atoms with E-state index < -0.39 is 20.0 Å². The number of aromatic nitrogens is 1. The Hall–Kier alpha value is -3.48. The zero-order chi connectivity index (χ0) is 27.3. The molecule has 1 heterocycles. The number of hydrogen-bond donors (Lipinski definition) is 0. The molecule has 0 bridgehead atoms. The van der Waals surface area contributed by atoms with E-state index in [2.05, 4.69) is 75.9 Å². The Morgan fingerprint density at radius 2 is 1.50 bits per heavy atom. The molecule has 4 rings (SSSR count). The fourth-order valence-electron chi connectivity index (χ4n) is 5.41. The van der Waals surface area contributed by atoms with Crippen LogP contribution >= 0.6 is 0 Å². The Balaban J connectivity index is 1.59. The van der Waals surface area contributed by atoms with Gasteiger partial charge in [0.2, 0.25) is 5.91 Å². The van der Waals surface area contributed by atoms with E-state index in [0.717, 1.165) is 5.57 Å². The van der Waals surface area contributed by atoms with Crippen LogP contribution in [0.2, 0.25) is 5.04 Å². The molecule has 0 radical (unpaired) electrons. The fourth-order valence-corrected chi connectivity index (χ4v) is 10.0. The Morgan fingerprint density at radius 1 is 0.947 bits per heavy atom. The Kier molecular flexibility index (Phi) is 8.34. The second-order valence-electron chi connectivity index (χ2n) is 11.0. The Morgan fingerprint density at radius 3 is 2.05 bits per heavy atom. The number of carbonyl (C=O) groups is 1. The van der Waals surface area contributed by atoms with Gasteiger partial charge >= 0.3 is 5.76 Å². The molecule has 0 saturated carbocycles. The van der Waals surface area contributed by atoms with Crippen LogP contribution in [0.1, 0.15) is 51.8 Å². The third kappa shape index (κ3) is 5.52. The molecule has 0 spiro atoms. The maximum atomic E-state index is 13.6. The van der Waals surface area contributed by atoms with Crippen molar-refractivity contribution in [3.8, 4) is 0 Å². The van der Waals surface area contributed by atoms with Gasteiger partial charge in [-0.05, 0) is 53.7 Å². The van der Waals surface area contributed by atoms with E-state index in [1.54, 1.807) is 24.3 Å². The number of hydrogen-bond acceptors (Lipinski definition) is 4. The third-order valence-electron chi connectivity index (χ3n) is 7.08. The van der Waals surface area contributed by atoms with Crippen LogP contribution in [-0.2, 0) is 4.43 Å². The van der Waals surface area contributed by atoms with Gasteiger partial charge in [-0.1, -0.05) is 99.1 Å². The summed E-state index contributed by atoms with van der Waals surface area (Å²) >= 11 is 0. The molecule has 4 aromatic rings. The fraction of sp³-hybridized carbons (Fsp3) is 0.312. The summed E-state index contributed by atoms with van der Waals surface area (Å²) in [7, 11) is -2.65. The first-order valence-corrected chi connectivity index (χ1v) is 15.1. The van der Waals surface area contributed by atoms with Gasteiger partial charge in [0.1, 0.15) is 0 Å². The van der Waals surface area contributed by atoms with E-state index in [0.29, 0.717) is 37.0 Å². The normalized spacial score (nSPS) is 12.9. The molecular weight excluding hydrogens is 490 g/mol. The molecular formula is C32H37NO4Si. The quantitative estimate of drug-likeness (QED) is 0.140. The molecule has 0 saturated heterocycles. The highest BCUT2D eigenvalue weighted by Gasteiger charge is 2.50. The lowest BCUT2D eigenvalue weighted by Crippen LogP contribution is -2.66. The van der Waals surface area contributed by atoms with Crippen molar-refractivity contribution in [2.45, 2.75) is 52.0 Å². The molecule has 0 N–H and O–H groups in total. The predicted octanol–water partition coefficient (Wildman–Crippen LogP) is 6.17. The summed E-state index contributed by atoms with van der Waals surface area (Å²) in [5.41, 5.74) is 1.81. The molecule has 0 aliphatic rings. The van der Waals surface area contributed by atoms with Crippen LogP contribution < -0.4 is 16.1 Å². The van der Waals surface area contributed by atoms with E-state index >= 15 is 0 Å². The molecule has 1 atom stereocenters. The van der Waals surface area contributed by atoms with E-state index in [9.17, 15) is 9.59 Å². The molecule has 0 aliphatic carbocycles. The van der Waals surface area contributed by atoms with Crippen LogP contribution in [0, 0.1) is 5.92 Å². The largest absolute Gasteiger partial charge is 0.426 e. The summed E-state index contributed by atoms with van der Waals surface area (Å²) in [4.78, 5) is 26.2. The lowest BCUT2D eigenvalue weighted by Gasteiger charge is -2.43. The standard InChI is InChI=1S/C32H37NO4Si/c1-24(2)23-25(30(34)33-28-20-12-13-21-29(28)37-31(33)35)15-14-22-36-38(32(3,4)5,26-16-8-6-9-17-26)27-18-10-7-11-19-27/h6-13,16-21,25H,1,14-15,22-23H2,2-5H3/t25-/m0/s1. The number of carbonyl (C=O) groups excluding carboxylic acids is 1. The first-order chi connectivity index (χ1) is 18.1. The number of oxazole rings is 1. The van der Waals surface area contributed by atoms with Gasteiger partial charge in [0.25, 0.3) is 8.32 Å². The van der Waals surface area contributed by atoms with Crippen molar-refractivity contribution in [2.75, 3.05) is 6.61 Å². The van der Waals surface area contributed by atoms with Crippen LogP contribution in [0.3, 0.4) is 0 Å². The third-order valence-corrected chi connectivity index (χ3v) is 12.1. The maximum Gasteiger partial charge on any atom is 0.426 e. The van der Waals surface area contributed by atoms with Crippen LogP contribution in [0.5, 0.6) is 0 Å². The molecule has 1 aromatic heterocycles. The van der Waals surface area contributed by atoms with E-state index in [-0.39, 0.29) is 10.9 Å². The van der Waals surface area contributed by atoms with Crippen molar-refractivity contribution < 1.29 is 13.6 Å². The first kappa shape index (κ1) is 27.5. The van der Waals surface area contributed by atoms with E-state index in [1.165, 1.54) is 14.9 Å². The van der Waals surface area contributed by atoms with Gasteiger partial charge in [-0.3, -0.25) is 4.79 Å². The van der Waals surface area contributed by atoms with Crippen LogP contribution in [-0.4, -0.2) is 25.4 Å². The van der Waals surface area contributed by atoms with Crippen molar-refractivity contribution in [1.29, 1.82) is 0 Å². The smallest absolute Gasteiger partial charge is 0.407 e. The number of nitrogens with zero attached hydrogens (tertiary/aromatic N) is 1. The van der Waals surface area contributed by atoms with Crippen molar-refractivity contribution in [3.05, 3.63) is 108 Å². The molecule has 3 aromatic carbocycles. The zero-order valence-electron chi connectivity index (χ0n) is 22.8. The number of allylic oxidation sites excluding steroid dienone is 1. The zero-order valence-corrected chi connectivity index (χ0v) is 23.8. The minimum atomic E-state index is -2.65. The molecule has 0 fully saturated rings. The average Bonchev–Trinajstić information content (AvgIpc) is 3.23. The van der Waals surface area contributed by atoms with Gasteiger partial charge < -0.3 is 8.84 Å². The molecule has 38 heavy (non-hydrogen) atoms. The van der Waals surface area contributed by atoms with Crippen molar-refractivity contribution in [1.82, 2.24) is 4.57 Å². The summed E-state index contributed by atoms with van der Waals surface area (Å²) < 4.78 is 13.5. The summed E-state index contributed by atoms with van der Waals surface area (Å²) in [5.74, 6) is -1.30. The van der Waals surface area contributed by atoms with Crippen molar-refractivity contribution in [3.63, 3.8) is 0 Å². The molecule has 6 heteroatoms. The molecule has 198 valence electrons.